The van der Waals surface area contributed by atoms with Crippen LogP contribution in [0, 0.1) is 7.05 Å². The molecule has 0 saturated heterocycles. The average molecular weight is 133 g/mol. The summed E-state index contributed by atoms with van der Waals surface area (Å²) < 4.78 is 0. The summed E-state index contributed by atoms with van der Waals surface area (Å²) in [4.78, 5) is 1.30. The summed E-state index contributed by atoms with van der Waals surface area (Å²) in [6.45, 7) is 1.15. The summed E-state index contributed by atoms with van der Waals surface area (Å²) in [5.41, 5.74) is 2.84. The van der Waals surface area contributed by atoms with Crippen molar-refractivity contribution in [3.63, 3.8) is 0 Å². The summed E-state index contributed by atoms with van der Waals surface area (Å²) >= 11 is 0. The molecule has 0 amide bonds. The first kappa shape index (κ1) is 5.93. The predicted octanol–water partition coefficient (Wildman–Crippen LogP) is 0.551. The Kier molecular flexibility index (Phi) is 1.24. The van der Waals surface area contributed by atoms with E-state index in [1.807, 2.05) is 0 Å². The van der Waals surface area contributed by atoms with E-state index in [-0.39, 0.29) is 0 Å². The molecule has 0 radical (unpaired) electrons. The van der Waals surface area contributed by atoms with Gasteiger partial charge in [-0.3, -0.25) is 0 Å². The highest BCUT2D eigenvalue weighted by Crippen LogP contribution is 2.14. The number of benzene rings is 1. The second kappa shape index (κ2) is 2.10. The topological polar surface area (TPSA) is 4.44 Å². The van der Waals surface area contributed by atoms with Crippen LogP contribution >= 0.6 is 0 Å². The molecule has 0 aromatic heterocycles. The van der Waals surface area contributed by atoms with Gasteiger partial charge in [0.15, 0.2) is 0 Å². The summed E-state index contributed by atoms with van der Waals surface area (Å²) in [5, 5.41) is 0. The third-order valence-electron chi connectivity index (χ3n) is 2.09. The molecule has 1 aromatic rings. The van der Waals surface area contributed by atoms with Crippen LogP contribution in [0.25, 0.3) is 0 Å². The Morgan fingerprint density at radius 1 is 1.30 bits per heavy atom. The lowest BCUT2D eigenvalue weighted by atomic mass is 10.2. The van der Waals surface area contributed by atoms with Crippen molar-refractivity contribution in [2.45, 2.75) is 6.42 Å². The minimum absolute atomic E-state index is 1.15. The molecule has 0 aliphatic carbocycles. The molecule has 52 valence electrons. The maximum Gasteiger partial charge on any atom is 0.108 e. The lowest BCUT2D eigenvalue weighted by Crippen LogP contribution is -3.00. The van der Waals surface area contributed by atoms with Gasteiger partial charge < -0.3 is 4.90 Å². The van der Waals surface area contributed by atoms with Crippen LogP contribution in [0.4, 0.5) is 5.69 Å². The van der Waals surface area contributed by atoms with Crippen LogP contribution in [0.2, 0.25) is 0 Å². The second-order valence-electron chi connectivity index (χ2n) is 2.76. The van der Waals surface area contributed by atoms with Gasteiger partial charge in [-0.05, 0) is 6.07 Å². The number of hydrogen-bond donors (Lipinski definition) is 1. The van der Waals surface area contributed by atoms with Gasteiger partial charge in [0.2, 0.25) is 0 Å². The molecule has 1 aliphatic rings. The van der Waals surface area contributed by atoms with Gasteiger partial charge in [-0.15, -0.1) is 7.05 Å². The Balaban J connectivity index is 2.51. The molecule has 1 unspecified atom stereocenters. The number of fused-ring (bicyclic) bond motifs is 1. The van der Waals surface area contributed by atoms with Gasteiger partial charge in [0.25, 0.3) is 0 Å². The van der Waals surface area contributed by atoms with E-state index in [9.17, 15) is 0 Å². The lowest BCUT2D eigenvalue weighted by molar-refractivity contribution is -0.775. The fourth-order valence-corrected chi connectivity index (χ4v) is 1.50. The van der Waals surface area contributed by atoms with Gasteiger partial charge in [0, 0.05) is 12.0 Å². The molecule has 1 aromatic carbocycles. The summed E-state index contributed by atoms with van der Waals surface area (Å²) in [7, 11) is 4.00. The minimum atomic E-state index is 1.15. The predicted molar refractivity (Wildman–Crippen MR) is 41.0 cm³/mol. The molecular formula is C9H11N. The van der Waals surface area contributed by atoms with Gasteiger partial charge >= 0.3 is 0 Å². The Bertz CT molecular complexity index is 242. The Morgan fingerprint density at radius 3 is 2.90 bits per heavy atom. The number of hydrogen-bond acceptors (Lipinski definition) is 0. The van der Waals surface area contributed by atoms with Gasteiger partial charge in [0.05, 0.1) is 6.54 Å². The van der Waals surface area contributed by atoms with Crippen LogP contribution in [0.1, 0.15) is 5.56 Å². The first-order valence-electron chi connectivity index (χ1n) is 3.64. The van der Waals surface area contributed by atoms with E-state index >= 15 is 0 Å². The van der Waals surface area contributed by atoms with Crippen molar-refractivity contribution in [1.82, 2.24) is 0 Å². The smallest absolute Gasteiger partial charge is 0.108 e. The van der Waals surface area contributed by atoms with E-state index in [2.05, 4.69) is 31.3 Å². The third kappa shape index (κ3) is 0.745. The largest absolute Gasteiger partial charge is 0.434 e. The van der Waals surface area contributed by atoms with Gasteiger partial charge in [-0.2, -0.15) is 0 Å². The zero-order chi connectivity index (χ0) is 6.97. The maximum absolute atomic E-state index is 4.00. The molecule has 0 bridgehead atoms. The van der Waals surface area contributed by atoms with Crippen LogP contribution in [0.3, 0.4) is 0 Å². The van der Waals surface area contributed by atoms with Gasteiger partial charge in [-0.1, -0.05) is 18.2 Å². The molecule has 0 spiro atoms. The fraction of sp³-hybridized carbons (Fsp3) is 0.222. The number of quaternary nitrogens is 1. The van der Waals surface area contributed by atoms with Crippen molar-refractivity contribution in [2.75, 3.05) is 6.54 Å². The first-order valence-corrected chi connectivity index (χ1v) is 3.64. The zero-order valence-electron chi connectivity index (χ0n) is 5.93. The molecule has 0 saturated carbocycles. The van der Waals surface area contributed by atoms with E-state index in [1.54, 1.807) is 0 Å². The molecule has 1 heteroatoms. The summed E-state index contributed by atoms with van der Waals surface area (Å²) in [6, 6.07) is 8.52. The van der Waals surface area contributed by atoms with E-state index in [1.165, 1.54) is 22.6 Å². The van der Waals surface area contributed by atoms with Crippen molar-refractivity contribution in [1.29, 1.82) is 0 Å². The average Bonchev–Trinajstić information content (AvgIpc) is 2.34. The van der Waals surface area contributed by atoms with Gasteiger partial charge in [0.1, 0.15) is 5.69 Å². The molecule has 0 fully saturated rings. The van der Waals surface area contributed by atoms with Crippen molar-refractivity contribution < 1.29 is 4.90 Å². The molecule has 1 atom stereocenters. The molecule has 10 heavy (non-hydrogen) atoms. The fourth-order valence-electron chi connectivity index (χ4n) is 1.50. The minimum Gasteiger partial charge on any atom is -0.434 e. The molecule has 1 nitrogen and oxygen atoms in total. The normalized spacial score (nSPS) is 22.7. The highest BCUT2D eigenvalue weighted by Gasteiger charge is 2.14. The van der Waals surface area contributed by atoms with Crippen LogP contribution in [0.15, 0.2) is 24.3 Å². The standard InChI is InChI=1S/C9H11N/c1-10-7-6-8-4-2-3-5-9(8)10/h2-5,10H,1,6-7H2. The highest BCUT2D eigenvalue weighted by atomic mass is 15.1. The van der Waals surface area contributed by atoms with Gasteiger partial charge in [-0.25, -0.2) is 0 Å². The molecular weight excluding hydrogens is 122 g/mol. The second-order valence-corrected chi connectivity index (χ2v) is 2.76. The quantitative estimate of drug-likeness (QED) is 0.493. The van der Waals surface area contributed by atoms with E-state index in [4.69, 9.17) is 0 Å². The first-order chi connectivity index (χ1) is 4.88. The Labute approximate surface area is 61.3 Å². The number of nitrogens with one attached hydrogen (secondary N) is 1. The third-order valence-corrected chi connectivity index (χ3v) is 2.09. The summed E-state index contributed by atoms with van der Waals surface area (Å²) in [5.74, 6) is 0. The monoisotopic (exact) mass is 133 g/mol. The molecule has 1 heterocycles. The number of rotatable bonds is 0. The van der Waals surface area contributed by atoms with Crippen molar-refractivity contribution in [2.24, 2.45) is 0 Å². The molecule has 1 aliphatic heterocycles. The van der Waals surface area contributed by atoms with Crippen molar-refractivity contribution in [3.05, 3.63) is 36.9 Å². The highest BCUT2D eigenvalue weighted by molar-refractivity contribution is 5.41. The Hall–Kier alpha value is -0.820. The maximum atomic E-state index is 4.00. The summed E-state index contributed by atoms with van der Waals surface area (Å²) in [6.07, 6.45) is 1.19. The van der Waals surface area contributed by atoms with E-state index in [0.717, 1.165) is 6.54 Å². The molecule has 2 rings (SSSR count). The lowest BCUT2D eigenvalue weighted by Gasteiger charge is -2.12. The van der Waals surface area contributed by atoms with Crippen molar-refractivity contribution >= 4 is 5.69 Å². The van der Waals surface area contributed by atoms with Crippen LogP contribution < -0.4 is 4.90 Å². The number of para-hydroxylation sites is 1. The van der Waals surface area contributed by atoms with E-state index in [0.29, 0.717) is 0 Å². The van der Waals surface area contributed by atoms with Crippen LogP contribution in [-0.4, -0.2) is 6.54 Å². The Morgan fingerprint density at radius 2 is 2.10 bits per heavy atom. The van der Waals surface area contributed by atoms with Crippen LogP contribution in [0.5, 0.6) is 0 Å². The van der Waals surface area contributed by atoms with Crippen LogP contribution in [-0.2, 0) is 6.42 Å². The molecule has 1 N–H and O–H groups in total. The van der Waals surface area contributed by atoms with Crippen molar-refractivity contribution in [3.8, 4) is 0 Å². The van der Waals surface area contributed by atoms with E-state index < -0.39 is 0 Å². The SMILES string of the molecule is [CH2-][NH+]1CCc2ccccc21. The zero-order valence-corrected chi connectivity index (χ0v) is 5.93.